The number of nitrogens with zero attached hydrogens (tertiary/aromatic N) is 2. The molecule has 2 aromatic heterocycles. The maximum absolute atomic E-state index is 11.2. The minimum atomic E-state index is -0.545. The van der Waals surface area contributed by atoms with Gasteiger partial charge in [-0.3, -0.25) is 5.32 Å². The molecular weight excluding hydrogens is 230 g/mol. The van der Waals surface area contributed by atoms with Crippen LogP contribution in [0, 0.1) is 4.64 Å². The average molecular weight is 239 g/mol. The Bertz CT molecular complexity index is 575. The summed E-state index contributed by atoms with van der Waals surface area (Å²) >= 11 is 5.04. The van der Waals surface area contributed by atoms with Gasteiger partial charge in [0.2, 0.25) is 0 Å². The average Bonchev–Trinajstić information content (AvgIpc) is 2.66. The van der Waals surface area contributed by atoms with Crippen molar-refractivity contribution in [1.29, 1.82) is 0 Å². The first kappa shape index (κ1) is 10.6. The van der Waals surface area contributed by atoms with Crippen molar-refractivity contribution in [1.82, 2.24) is 20.4 Å². The molecule has 2 rings (SSSR count). The van der Waals surface area contributed by atoms with Crippen molar-refractivity contribution >= 4 is 35.2 Å². The van der Waals surface area contributed by atoms with Crippen LogP contribution in [0.3, 0.4) is 0 Å². The molecule has 0 fully saturated rings. The first-order valence-electron chi connectivity index (χ1n) is 4.58. The number of nitrogens with one attached hydrogen (secondary N) is 3. The quantitative estimate of drug-likeness (QED) is 0.691. The molecule has 0 radical (unpaired) electrons. The largest absolute Gasteiger partial charge is 0.450 e. The zero-order valence-corrected chi connectivity index (χ0v) is 9.22. The molecule has 0 aliphatic heterocycles. The van der Waals surface area contributed by atoms with E-state index in [0.29, 0.717) is 28.1 Å². The second-order valence-corrected chi connectivity index (χ2v) is 3.32. The summed E-state index contributed by atoms with van der Waals surface area (Å²) in [6.07, 6.45) is -0.545. The van der Waals surface area contributed by atoms with E-state index in [2.05, 4.69) is 25.7 Å². The molecule has 84 valence electrons. The Hall–Kier alpha value is -1.96. The lowest BCUT2D eigenvalue weighted by molar-refractivity contribution is 0.168. The number of H-pyrrole nitrogens is 2. The summed E-state index contributed by atoms with van der Waals surface area (Å²) < 4.78 is 5.13. The zero-order chi connectivity index (χ0) is 11.5. The standard InChI is InChI=1S/C8H9N5O2S/c1-2-15-8(14)10-5-3-4-6(7(16)9-5)12-13-11-4/h3H,2H2,1H3,(H,11,12,13)(H2,9,10,14,16). The van der Waals surface area contributed by atoms with Crippen LogP contribution in [-0.2, 0) is 4.74 Å². The first-order chi connectivity index (χ1) is 7.70. The summed E-state index contributed by atoms with van der Waals surface area (Å²) in [5, 5.41) is 12.7. The van der Waals surface area contributed by atoms with Gasteiger partial charge in [-0.15, -0.1) is 0 Å². The molecule has 0 saturated heterocycles. The Morgan fingerprint density at radius 1 is 1.62 bits per heavy atom. The van der Waals surface area contributed by atoms with Gasteiger partial charge in [-0.05, 0) is 6.92 Å². The van der Waals surface area contributed by atoms with Crippen LogP contribution >= 0.6 is 12.2 Å². The van der Waals surface area contributed by atoms with Gasteiger partial charge in [-0.2, -0.15) is 15.4 Å². The molecule has 0 saturated carbocycles. The van der Waals surface area contributed by atoms with Gasteiger partial charge in [0.1, 0.15) is 21.5 Å². The molecule has 7 nitrogen and oxygen atoms in total. The van der Waals surface area contributed by atoms with Crippen LogP contribution in [0.1, 0.15) is 6.92 Å². The normalized spacial score (nSPS) is 10.3. The highest BCUT2D eigenvalue weighted by Gasteiger charge is 2.06. The van der Waals surface area contributed by atoms with E-state index in [-0.39, 0.29) is 0 Å². The zero-order valence-electron chi connectivity index (χ0n) is 8.40. The molecule has 2 aromatic rings. The van der Waals surface area contributed by atoms with Gasteiger partial charge in [0.25, 0.3) is 0 Å². The fourth-order valence-corrected chi connectivity index (χ4v) is 1.47. The van der Waals surface area contributed by atoms with E-state index < -0.39 is 6.09 Å². The van der Waals surface area contributed by atoms with Crippen molar-refractivity contribution in [3.05, 3.63) is 10.7 Å². The number of amides is 1. The summed E-state index contributed by atoms with van der Waals surface area (Å²) in [5.41, 5.74) is 1.14. The maximum Gasteiger partial charge on any atom is 0.412 e. The lowest BCUT2D eigenvalue weighted by Gasteiger charge is -2.04. The van der Waals surface area contributed by atoms with Crippen molar-refractivity contribution in [2.75, 3.05) is 11.9 Å². The van der Waals surface area contributed by atoms with Gasteiger partial charge in [0.15, 0.2) is 0 Å². The van der Waals surface area contributed by atoms with Crippen LogP contribution in [0.5, 0.6) is 0 Å². The number of pyridine rings is 1. The van der Waals surface area contributed by atoms with Gasteiger partial charge in [-0.25, -0.2) is 4.79 Å². The van der Waals surface area contributed by atoms with Gasteiger partial charge in [0.05, 0.1) is 6.61 Å². The smallest absolute Gasteiger partial charge is 0.412 e. The van der Waals surface area contributed by atoms with Crippen LogP contribution in [0.2, 0.25) is 0 Å². The van der Waals surface area contributed by atoms with Crippen LogP contribution in [0.4, 0.5) is 10.6 Å². The van der Waals surface area contributed by atoms with Crippen LogP contribution in [0.25, 0.3) is 11.0 Å². The number of aromatic amines is 2. The Morgan fingerprint density at radius 3 is 3.19 bits per heavy atom. The molecule has 0 bridgehead atoms. The van der Waals surface area contributed by atoms with Crippen LogP contribution in [0.15, 0.2) is 6.07 Å². The van der Waals surface area contributed by atoms with E-state index in [1.807, 2.05) is 0 Å². The molecule has 0 spiro atoms. The van der Waals surface area contributed by atoms with Gasteiger partial charge in [0, 0.05) is 6.07 Å². The van der Waals surface area contributed by atoms with Crippen LogP contribution < -0.4 is 5.32 Å². The summed E-state index contributed by atoms with van der Waals surface area (Å²) in [5.74, 6) is 0.421. The lowest BCUT2D eigenvalue weighted by Crippen LogP contribution is -2.14. The molecular formula is C8H9N5O2S. The van der Waals surface area contributed by atoms with Gasteiger partial charge < -0.3 is 9.72 Å². The van der Waals surface area contributed by atoms with E-state index in [9.17, 15) is 4.79 Å². The van der Waals surface area contributed by atoms with Crippen molar-refractivity contribution in [3.8, 4) is 0 Å². The molecule has 0 atom stereocenters. The molecule has 2 heterocycles. The van der Waals surface area contributed by atoms with E-state index in [1.165, 1.54) is 0 Å². The third kappa shape index (κ3) is 2.01. The summed E-state index contributed by atoms with van der Waals surface area (Å²) in [7, 11) is 0. The monoisotopic (exact) mass is 239 g/mol. The van der Waals surface area contributed by atoms with Crippen molar-refractivity contribution in [2.24, 2.45) is 0 Å². The van der Waals surface area contributed by atoms with Gasteiger partial charge >= 0.3 is 6.09 Å². The fourth-order valence-electron chi connectivity index (χ4n) is 1.21. The summed E-state index contributed by atoms with van der Waals surface area (Å²) in [6, 6.07) is 1.62. The van der Waals surface area contributed by atoms with Crippen molar-refractivity contribution < 1.29 is 9.53 Å². The number of carbonyl (C=O) groups excluding carboxylic acids is 1. The van der Waals surface area contributed by atoms with E-state index >= 15 is 0 Å². The number of anilines is 1. The van der Waals surface area contributed by atoms with Crippen molar-refractivity contribution in [2.45, 2.75) is 6.92 Å². The Morgan fingerprint density at radius 2 is 2.44 bits per heavy atom. The number of rotatable bonds is 2. The summed E-state index contributed by atoms with van der Waals surface area (Å²) in [6.45, 7) is 2.03. The molecule has 0 aromatic carbocycles. The minimum absolute atomic E-state index is 0.304. The second kappa shape index (κ2) is 4.27. The molecule has 3 N–H and O–H groups in total. The number of hydrogen-bond acceptors (Lipinski definition) is 5. The minimum Gasteiger partial charge on any atom is -0.450 e. The number of fused-ring (bicyclic) bond motifs is 1. The predicted octanol–water partition coefficient (Wildman–Crippen LogP) is 1.58. The third-order valence-corrected chi connectivity index (χ3v) is 2.13. The van der Waals surface area contributed by atoms with E-state index in [1.54, 1.807) is 13.0 Å². The Balaban J connectivity index is 2.31. The van der Waals surface area contributed by atoms with E-state index in [0.717, 1.165) is 0 Å². The predicted molar refractivity (Wildman–Crippen MR) is 59.7 cm³/mol. The highest BCUT2D eigenvalue weighted by molar-refractivity contribution is 7.71. The highest BCUT2D eigenvalue weighted by Crippen LogP contribution is 2.13. The fraction of sp³-hybridized carbons (Fsp3) is 0.250. The second-order valence-electron chi connectivity index (χ2n) is 2.92. The topological polar surface area (TPSA) is 95.7 Å². The van der Waals surface area contributed by atoms with E-state index in [4.69, 9.17) is 17.0 Å². The van der Waals surface area contributed by atoms with Crippen LogP contribution in [-0.4, -0.2) is 33.1 Å². The molecule has 0 aliphatic carbocycles. The summed E-state index contributed by atoms with van der Waals surface area (Å²) in [4.78, 5) is 14.0. The maximum atomic E-state index is 11.2. The molecule has 0 unspecified atom stereocenters. The number of aromatic nitrogens is 4. The molecule has 1 amide bonds. The Kier molecular flexibility index (Phi) is 2.82. The number of carbonyl (C=O) groups is 1. The highest BCUT2D eigenvalue weighted by atomic mass is 32.1. The SMILES string of the molecule is CCOC(=O)Nc1cc2n[nH]nc2c(=S)[nH]1. The van der Waals surface area contributed by atoms with Gasteiger partial charge in [-0.1, -0.05) is 12.2 Å². The third-order valence-electron chi connectivity index (χ3n) is 1.83. The molecule has 0 aliphatic rings. The molecule has 8 heteroatoms. The Labute approximate surface area is 95.2 Å². The number of hydrogen-bond donors (Lipinski definition) is 3. The van der Waals surface area contributed by atoms with Crippen molar-refractivity contribution in [3.63, 3.8) is 0 Å². The molecule has 16 heavy (non-hydrogen) atoms. The lowest BCUT2D eigenvalue weighted by atomic mass is 10.4. The number of ether oxygens (including phenoxy) is 1. The first-order valence-corrected chi connectivity index (χ1v) is 4.99.